The minimum absolute atomic E-state index is 0.0369. The van der Waals surface area contributed by atoms with Gasteiger partial charge >= 0.3 is 0 Å². The van der Waals surface area contributed by atoms with Crippen molar-refractivity contribution in [2.24, 2.45) is 21.7 Å². The number of hydrogen-bond donors (Lipinski definition) is 3. The van der Waals surface area contributed by atoms with Crippen molar-refractivity contribution >= 4 is 25.3 Å². The standard InChI is InChI=1S/C33H53NS2/c1-30(2,3)21-28(26-15-13-25(23-36)14-16-26)32(7,8)33(9,10)29(31(4,5)6)27-17-11-24(12-18-27)22-34-19-20-35/h11-18,28-29,34-36H,19-23H2,1-10H3. The van der Waals surface area contributed by atoms with Crippen molar-refractivity contribution in [2.75, 3.05) is 12.3 Å². The van der Waals surface area contributed by atoms with Crippen molar-refractivity contribution < 1.29 is 0 Å². The fourth-order valence-corrected chi connectivity index (χ4v) is 6.59. The van der Waals surface area contributed by atoms with Crippen molar-refractivity contribution in [1.82, 2.24) is 5.32 Å². The second kappa shape index (κ2) is 12.3. The molecule has 0 aliphatic heterocycles. The summed E-state index contributed by atoms with van der Waals surface area (Å²) in [5.41, 5.74) is 5.95. The Balaban J connectivity index is 2.55. The van der Waals surface area contributed by atoms with Crippen molar-refractivity contribution in [2.45, 2.75) is 99.8 Å². The second-order valence-corrected chi connectivity index (χ2v) is 14.9. The molecule has 0 spiro atoms. The van der Waals surface area contributed by atoms with Crippen molar-refractivity contribution in [1.29, 1.82) is 0 Å². The van der Waals surface area contributed by atoms with Gasteiger partial charge in [0.2, 0.25) is 0 Å². The van der Waals surface area contributed by atoms with Crippen LogP contribution in [0.3, 0.4) is 0 Å². The number of rotatable bonds is 11. The third-order valence-electron chi connectivity index (χ3n) is 8.43. The minimum Gasteiger partial charge on any atom is -0.312 e. The monoisotopic (exact) mass is 527 g/mol. The second-order valence-electron chi connectivity index (χ2n) is 14.1. The molecule has 2 rings (SSSR count). The van der Waals surface area contributed by atoms with Gasteiger partial charge in [0.15, 0.2) is 0 Å². The highest BCUT2D eigenvalue weighted by molar-refractivity contribution is 7.80. The van der Waals surface area contributed by atoms with E-state index in [2.05, 4.69) is 148 Å². The highest BCUT2D eigenvalue weighted by atomic mass is 32.1. The molecule has 2 unspecified atom stereocenters. The van der Waals surface area contributed by atoms with Gasteiger partial charge in [-0.3, -0.25) is 0 Å². The zero-order valence-electron chi connectivity index (χ0n) is 24.7. The van der Waals surface area contributed by atoms with E-state index in [1.54, 1.807) is 0 Å². The Hall–Kier alpha value is -0.900. The topological polar surface area (TPSA) is 12.0 Å². The number of nitrogens with one attached hydrogen (secondary N) is 1. The van der Waals surface area contributed by atoms with Crippen LogP contribution in [0.4, 0.5) is 0 Å². The maximum Gasteiger partial charge on any atom is 0.0205 e. The summed E-state index contributed by atoms with van der Waals surface area (Å²) < 4.78 is 0. The number of benzene rings is 2. The van der Waals surface area contributed by atoms with E-state index in [1.807, 2.05) is 0 Å². The van der Waals surface area contributed by atoms with Gasteiger partial charge in [-0.05, 0) is 62.2 Å². The maximum absolute atomic E-state index is 4.49. The van der Waals surface area contributed by atoms with Crippen LogP contribution in [0.2, 0.25) is 0 Å². The van der Waals surface area contributed by atoms with Crippen LogP contribution in [0, 0.1) is 21.7 Å². The molecule has 36 heavy (non-hydrogen) atoms. The summed E-state index contributed by atoms with van der Waals surface area (Å²) in [5.74, 6) is 2.49. The summed E-state index contributed by atoms with van der Waals surface area (Å²) in [6.07, 6.45) is 1.15. The molecule has 0 aliphatic carbocycles. The van der Waals surface area contributed by atoms with Gasteiger partial charge < -0.3 is 5.32 Å². The van der Waals surface area contributed by atoms with Crippen LogP contribution in [-0.4, -0.2) is 12.3 Å². The van der Waals surface area contributed by atoms with Crippen LogP contribution >= 0.6 is 25.3 Å². The number of hydrogen-bond acceptors (Lipinski definition) is 3. The van der Waals surface area contributed by atoms with Crippen LogP contribution in [0.1, 0.15) is 110 Å². The molecule has 202 valence electrons. The lowest BCUT2D eigenvalue weighted by Gasteiger charge is -2.56. The van der Waals surface area contributed by atoms with E-state index in [0.717, 1.165) is 31.0 Å². The third-order valence-corrected chi connectivity index (χ3v) is 9.02. The fourth-order valence-electron chi connectivity index (χ4n) is 6.22. The zero-order chi connectivity index (χ0) is 27.4. The Kier molecular flexibility index (Phi) is 10.7. The Morgan fingerprint density at radius 3 is 1.61 bits per heavy atom. The zero-order valence-corrected chi connectivity index (χ0v) is 26.5. The summed E-state index contributed by atoms with van der Waals surface area (Å²) >= 11 is 8.80. The first kappa shape index (κ1) is 31.3. The van der Waals surface area contributed by atoms with Crippen molar-refractivity contribution in [3.63, 3.8) is 0 Å². The van der Waals surface area contributed by atoms with Gasteiger partial charge in [-0.2, -0.15) is 25.3 Å². The van der Waals surface area contributed by atoms with Gasteiger partial charge in [0, 0.05) is 24.6 Å². The van der Waals surface area contributed by atoms with Gasteiger partial charge in [-0.15, -0.1) is 0 Å². The van der Waals surface area contributed by atoms with E-state index in [9.17, 15) is 0 Å². The Morgan fingerprint density at radius 1 is 0.667 bits per heavy atom. The molecule has 0 saturated heterocycles. The molecule has 3 heteroatoms. The summed E-state index contributed by atoms with van der Waals surface area (Å²) in [4.78, 5) is 0. The van der Waals surface area contributed by atoms with E-state index in [0.29, 0.717) is 11.8 Å². The predicted molar refractivity (Wildman–Crippen MR) is 168 cm³/mol. The van der Waals surface area contributed by atoms with Crippen LogP contribution in [0.5, 0.6) is 0 Å². The highest BCUT2D eigenvalue weighted by Gasteiger charge is 2.52. The quantitative estimate of drug-likeness (QED) is 0.195. The molecule has 0 heterocycles. The van der Waals surface area contributed by atoms with E-state index in [-0.39, 0.29) is 21.7 Å². The minimum atomic E-state index is 0.0369. The molecule has 0 fully saturated rings. The average Bonchev–Trinajstić information content (AvgIpc) is 2.77. The summed E-state index contributed by atoms with van der Waals surface area (Å²) in [6, 6.07) is 18.6. The molecule has 2 atom stereocenters. The van der Waals surface area contributed by atoms with E-state index < -0.39 is 0 Å². The average molecular weight is 528 g/mol. The van der Waals surface area contributed by atoms with Crippen LogP contribution in [0.15, 0.2) is 48.5 Å². The van der Waals surface area contributed by atoms with Gasteiger partial charge in [-0.25, -0.2) is 0 Å². The Morgan fingerprint density at radius 2 is 1.17 bits per heavy atom. The van der Waals surface area contributed by atoms with E-state index in [4.69, 9.17) is 0 Å². The predicted octanol–water partition coefficient (Wildman–Crippen LogP) is 9.54. The molecule has 0 radical (unpaired) electrons. The van der Waals surface area contributed by atoms with Gasteiger partial charge in [0.25, 0.3) is 0 Å². The largest absolute Gasteiger partial charge is 0.312 e. The summed E-state index contributed by atoms with van der Waals surface area (Å²) in [7, 11) is 0. The van der Waals surface area contributed by atoms with E-state index in [1.165, 1.54) is 22.3 Å². The highest BCUT2D eigenvalue weighted by Crippen LogP contribution is 2.61. The fraction of sp³-hybridized carbons (Fsp3) is 0.636. The van der Waals surface area contributed by atoms with Crippen LogP contribution in [-0.2, 0) is 12.3 Å². The SMILES string of the molecule is CC(C)(C)CC(c1ccc(CS)cc1)C(C)(C)C(C)(C)C(c1ccc(CNCCS)cc1)C(C)(C)C. The lowest BCUT2D eigenvalue weighted by atomic mass is 9.48. The molecule has 0 saturated carbocycles. The molecular formula is C33H53NS2. The molecule has 1 N–H and O–H groups in total. The molecule has 0 amide bonds. The lowest BCUT2D eigenvalue weighted by Crippen LogP contribution is -2.46. The first-order chi connectivity index (χ1) is 16.5. The molecule has 0 aromatic heterocycles. The molecular weight excluding hydrogens is 475 g/mol. The first-order valence-corrected chi connectivity index (χ1v) is 14.9. The lowest BCUT2D eigenvalue weighted by molar-refractivity contribution is -0.00424. The van der Waals surface area contributed by atoms with Crippen LogP contribution < -0.4 is 5.32 Å². The molecule has 0 aliphatic rings. The van der Waals surface area contributed by atoms with Crippen LogP contribution in [0.25, 0.3) is 0 Å². The molecule has 2 aromatic rings. The smallest absolute Gasteiger partial charge is 0.0205 e. The van der Waals surface area contributed by atoms with Gasteiger partial charge in [-0.1, -0.05) is 118 Å². The Bertz CT molecular complexity index is 928. The van der Waals surface area contributed by atoms with Crippen molar-refractivity contribution in [3.8, 4) is 0 Å². The van der Waals surface area contributed by atoms with Crippen molar-refractivity contribution in [3.05, 3.63) is 70.8 Å². The first-order valence-electron chi connectivity index (χ1n) is 13.6. The van der Waals surface area contributed by atoms with Gasteiger partial charge in [0.05, 0.1) is 0 Å². The molecule has 1 nitrogen and oxygen atoms in total. The van der Waals surface area contributed by atoms with Gasteiger partial charge in [0.1, 0.15) is 0 Å². The molecule has 2 aromatic carbocycles. The summed E-state index contributed by atoms with van der Waals surface area (Å²) in [5, 5.41) is 3.47. The molecule has 0 bridgehead atoms. The third kappa shape index (κ3) is 7.81. The normalized spacial score (nSPS) is 15.1. The number of thiol groups is 2. The Labute approximate surface area is 234 Å². The maximum atomic E-state index is 4.49. The van der Waals surface area contributed by atoms with E-state index >= 15 is 0 Å². The summed E-state index contributed by atoms with van der Waals surface area (Å²) in [6.45, 7) is 26.3.